The van der Waals surface area contributed by atoms with Crippen molar-refractivity contribution in [1.82, 2.24) is 9.88 Å². The highest BCUT2D eigenvalue weighted by molar-refractivity contribution is 5.69. The molecule has 1 N–H and O–H groups in total. The maximum Gasteiger partial charge on any atom is 0.410 e. The Labute approximate surface area is 154 Å². The first-order valence-electron chi connectivity index (χ1n) is 8.95. The number of pyridine rings is 1. The number of aromatic nitrogens is 1. The monoisotopic (exact) mass is 364 g/mol. The Hall–Kier alpha value is -1.86. The molecular formula is C19H28N2O5. The van der Waals surface area contributed by atoms with Gasteiger partial charge >= 0.3 is 6.09 Å². The minimum absolute atomic E-state index is 0.233. The number of nitrogens with zero attached hydrogens (tertiary/aromatic N) is 2. The van der Waals surface area contributed by atoms with Gasteiger partial charge in [-0.15, -0.1) is 0 Å². The number of fused-ring (bicyclic) bond motifs is 2. The molecule has 3 rings (SSSR count). The predicted molar refractivity (Wildman–Crippen MR) is 95.1 cm³/mol. The van der Waals surface area contributed by atoms with E-state index in [1.807, 2.05) is 33.8 Å². The van der Waals surface area contributed by atoms with Crippen LogP contribution in [0.2, 0.25) is 0 Å². The lowest BCUT2D eigenvalue weighted by atomic mass is 9.76. The summed E-state index contributed by atoms with van der Waals surface area (Å²) in [6.07, 6.45) is 2.10. The molecule has 0 radical (unpaired) electrons. The number of hydrogen-bond acceptors (Lipinski definition) is 6. The quantitative estimate of drug-likeness (QED) is 0.868. The number of morpholine rings is 1. The Kier molecular flexibility index (Phi) is 4.88. The topological polar surface area (TPSA) is 81.1 Å². The van der Waals surface area contributed by atoms with Crippen molar-refractivity contribution in [1.29, 1.82) is 0 Å². The number of ether oxygens (including phenoxy) is 3. The Bertz CT molecular complexity index is 671. The average Bonchev–Trinajstić information content (AvgIpc) is 2.51. The molecule has 0 spiro atoms. The second kappa shape index (κ2) is 6.70. The van der Waals surface area contributed by atoms with Crippen molar-refractivity contribution in [3.63, 3.8) is 0 Å². The highest BCUT2D eigenvalue weighted by Gasteiger charge is 2.50. The fourth-order valence-electron chi connectivity index (χ4n) is 3.94. The molecule has 2 aliphatic rings. The number of aryl methyl sites for hydroxylation is 1. The van der Waals surface area contributed by atoms with E-state index in [0.717, 1.165) is 11.1 Å². The van der Waals surface area contributed by atoms with E-state index < -0.39 is 11.2 Å². The van der Waals surface area contributed by atoms with Crippen LogP contribution < -0.4 is 4.74 Å². The van der Waals surface area contributed by atoms with E-state index >= 15 is 0 Å². The second-order valence-corrected chi connectivity index (χ2v) is 8.21. The van der Waals surface area contributed by atoms with Crippen LogP contribution in [-0.2, 0) is 15.1 Å². The van der Waals surface area contributed by atoms with E-state index in [-0.39, 0.29) is 18.2 Å². The zero-order valence-corrected chi connectivity index (χ0v) is 16.1. The first-order chi connectivity index (χ1) is 12.1. The third-order valence-electron chi connectivity index (χ3n) is 4.95. The summed E-state index contributed by atoms with van der Waals surface area (Å²) in [4.78, 5) is 18.7. The van der Waals surface area contributed by atoms with E-state index in [0.29, 0.717) is 31.9 Å². The van der Waals surface area contributed by atoms with Crippen molar-refractivity contribution in [3.05, 3.63) is 23.4 Å². The zero-order chi connectivity index (χ0) is 19.1. The van der Waals surface area contributed by atoms with Crippen LogP contribution >= 0.6 is 0 Å². The van der Waals surface area contributed by atoms with Crippen LogP contribution in [-0.4, -0.2) is 59.1 Å². The minimum atomic E-state index is -1.05. The second-order valence-electron chi connectivity index (χ2n) is 8.21. The van der Waals surface area contributed by atoms with E-state index in [9.17, 15) is 9.90 Å². The van der Waals surface area contributed by atoms with E-state index in [4.69, 9.17) is 14.2 Å². The van der Waals surface area contributed by atoms with Gasteiger partial charge in [0.1, 0.15) is 5.60 Å². The molecule has 0 aromatic carbocycles. The van der Waals surface area contributed by atoms with Gasteiger partial charge in [0.2, 0.25) is 5.88 Å². The third kappa shape index (κ3) is 3.64. The van der Waals surface area contributed by atoms with Gasteiger partial charge in [-0.3, -0.25) is 4.90 Å². The van der Waals surface area contributed by atoms with Crippen molar-refractivity contribution >= 4 is 6.09 Å². The molecule has 7 heteroatoms. The van der Waals surface area contributed by atoms with E-state index in [2.05, 4.69) is 4.98 Å². The summed E-state index contributed by atoms with van der Waals surface area (Å²) >= 11 is 0. The highest BCUT2D eigenvalue weighted by atomic mass is 16.6. The molecular weight excluding hydrogens is 336 g/mol. The van der Waals surface area contributed by atoms with Gasteiger partial charge in [0.25, 0.3) is 0 Å². The Morgan fingerprint density at radius 3 is 2.46 bits per heavy atom. The maximum atomic E-state index is 12.7. The number of hydrogen-bond donors (Lipinski definition) is 1. The van der Waals surface area contributed by atoms with Gasteiger partial charge in [0.15, 0.2) is 0 Å². The maximum absolute atomic E-state index is 12.7. The van der Waals surface area contributed by atoms with Crippen LogP contribution in [0, 0.1) is 6.92 Å². The molecule has 2 fully saturated rings. The summed E-state index contributed by atoms with van der Waals surface area (Å²) in [5.41, 5.74) is 0.0837. The number of methoxy groups -OCH3 is 1. The Morgan fingerprint density at radius 2 is 1.96 bits per heavy atom. The summed E-state index contributed by atoms with van der Waals surface area (Å²) in [5.74, 6) is 0.518. The first kappa shape index (κ1) is 18.9. The van der Waals surface area contributed by atoms with Crippen molar-refractivity contribution in [2.45, 2.75) is 63.8 Å². The molecule has 3 heterocycles. The van der Waals surface area contributed by atoms with Crippen molar-refractivity contribution in [2.75, 3.05) is 20.3 Å². The van der Waals surface area contributed by atoms with Crippen LogP contribution in [0.3, 0.4) is 0 Å². The lowest BCUT2D eigenvalue weighted by Gasteiger charge is -2.51. The number of rotatable bonds is 2. The largest absolute Gasteiger partial charge is 0.481 e. The molecule has 1 amide bonds. The van der Waals surface area contributed by atoms with Crippen molar-refractivity contribution < 1.29 is 24.1 Å². The fourth-order valence-corrected chi connectivity index (χ4v) is 3.94. The van der Waals surface area contributed by atoms with Crippen LogP contribution in [0.1, 0.15) is 44.7 Å². The third-order valence-corrected chi connectivity index (χ3v) is 4.95. The molecule has 0 saturated carbocycles. The smallest absolute Gasteiger partial charge is 0.410 e. The van der Waals surface area contributed by atoms with Gasteiger partial charge in [-0.1, -0.05) is 0 Å². The van der Waals surface area contributed by atoms with Crippen LogP contribution in [0.5, 0.6) is 5.88 Å². The molecule has 144 valence electrons. The van der Waals surface area contributed by atoms with E-state index in [1.54, 1.807) is 18.2 Å². The van der Waals surface area contributed by atoms with Crippen molar-refractivity contribution in [3.8, 4) is 5.88 Å². The summed E-state index contributed by atoms with van der Waals surface area (Å²) in [6, 6.07) is 1.35. The Balaban J connectivity index is 1.86. The molecule has 2 bridgehead atoms. The molecule has 1 aromatic heterocycles. The summed E-state index contributed by atoms with van der Waals surface area (Å²) in [6.45, 7) is 8.27. The summed E-state index contributed by atoms with van der Waals surface area (Å²) in [5, 5.41) is 11.4. The molecule has 26 heavy (non-hydrogen) atoms. The lowest BCUT2D eigenvalue weighted by molar-refractivity contribution is -0.141. The summed E-state index contributed by atoms with van der Waals surface area (Å²) < 4.78 is 16.4. The molecule has 2 unspecified atom stereocenters. The van der Waals surface area contributed by atoms with Gasteiger partial charge in [-0.05, 0) is 33.3 Å². The molecule has 0 aliphatic carbocycles. The van der Waals surface area contributed by atoms with Crippen molar-refractivity contribution in [2.24, 2.45) is 0 Å². The first-order valence-corrected chi connectivity index (χ1v) is 8.95. The number of carbonyl (C=O) groups is 1. The fraction of sp³-hybridized carbons (Fsp3) is 0.684. The summed E-state index contributed by atoms with van der Waals surface area (Å²) in [7, 11) is 1.57. The molecule has 2 saturated heterocycles. The predicted octanol–water partition coefficient (Wildman–Crippen LogP) is 2.38. The molecule has 1 aromatic rings. The average molecular weight is 364 g/mol. The van der Waals surface area contributed by atoms with Crippen LogP contribution in [0.25, 0.3) is 0 Å². The number of aliphatic hydroxyl groups is 1. The van der Waals surface area contributed by atoms with Gasteiger partial charge in [-0.25, -0.2) is 9.78 Å². The van der Waals surface area contributed by atoms with Gasteiger partial charge < -0.3 is 19.3 Å². The number of amides is 1. The molecule has 7 nitrogen and oxygen atoms in total. The molecule has 2 aliphatic heterocycles. The SMILES string of the molecule is COc1cc(C)c(C2(O)CC3COCC(C2)N3C(=O)OC(C)(C)C)cn1. The minimum Gasteiger partial charge on any atom is -0.481 e. The number of carbonyl (C=O) groups excluding carboxylic acids is 1. The van der Waals surface area contributed by atoms with Gasteiger partial charge in [0.05, 0.1) is 38.0 Å². The normalized spacial score (nSPS) is 28.6. The zero-order valence-electron chi connectivity index (χ0n) is 16.1. The molecule has 2 atom stereocenters. The Morgan fingerprint density at radius 1 is 1.35 bits per heavy atom. The van der Waals surface area contributed by atoms with Crippen LogP contribution in [0.4, 0.5) is 4.79 Å². The van der Waals surface area contributed by atoms with Crippen LogP contribution in [0.15, 0.2) is 12.3 Å². The van der Waals surface area contributed by atoms with Gasteiger partial charge in [0, 0.05) is 30.7 Å². The lowest BCUT2D eigenvalue weighted by Crippen LogP contribution is -2.63. The van der Waals surface area contributed by atoms with Gasteiger partial charge in [-0.2, -0.15) is 0 Å². The standard InChI is InChI=1S/C19H28N2O5/c1-12-6-16(24-5)20-9-15(12)19(23)7-13-10-25-11-14(8-19)21(13)17(22)26-18(2,3)4/h6,9,13-14,23H,7-8,10-11H2,1-5H3. The number of piperidine rings is 1. The van der Waals surface area contributed by atoms with E-state index in [1.165, 1.54) is 0 Å². The highest BCUT2D eigenvalue weighted by Crippen LogP contribution is 2.42.